The number of nitrogens with one attached hydrogen (secondary N) is 1. The van der Waals surface area contributed by atoms with Crippen LogP contribution in [0.2, 0.25) is 10.0 Å². The molecule has 1 N–H and O–H groups in total. The number of hydrogen-bond donors (Lipinski definition) is 1. The molecule has 3 nitrogen and oxygen atoms in total. The third kappa shape index (κ3) is 2.83. The summed E-state index contributed by atoms with van der Waals surface area (Å²) in [5, 5.41) is 4.68. The minimum absolute atomic E-state index is 0.470. The van der Waals surface area contributed by atoms with E-state index in [1.165, 1.54) is 32.1 Å². The average Bonchev–Trinajstić information content (AvgIpc) is 2.34. The first kappa shape index (κ1) is 13.5. The Labute approximate surface area is 124 Å². The van der Waals surface area contributed by atoms with E-state index in [1.54, 1.807) is 12.3 Å². The maximum atomic E-state index is 6.18. The maximum Gasteiger partial charge on any atom is 0.145 e. The summed E-state index contributed by atoms with van der Waals surface area (Å²) in [5.74, 6) is 0.763. The van der Waals surface area contributed by atoms with Gasteiger partial charge in [0.2, 0.25) is 0 Å². The predicted octanol–water partition coefficient (Wildman–Crippen LogP) is 3.82. The van der Waals surface area contributed by atoms with Crippen LogP contribution in [-0.4, -0.2) is 35.1 Å². The molecule has 2 bridgehead atoms. The molecule has 0 saturated carbocycles. The second-order valence-corrected chi connectivity index (χ2v) is 6.54. The van der Waals surface area contributed by atoms with Gasteiger partial charge in [-0.15, -0.1) is 0 Å². The second-order valence-electron chi connectivity index (χ2n) is 5.70. The van der Waals surface area contributed by atoms with Gasteiger partial charge < -0.3 is 10.2 Å². The number of nitrogens with zero attached hydrogens (tertiary/aromatic N) is 2. The third-order valence-corrected chi connectivity index (χ3v) is 4.98. The van der Waals surface area contributed by atoms with Crippen LogP contribution < -0.4 is 5.32 Å². The fraction of sp³-hybridized carbons (Fsp3) is 0.643. The van der Waals surface area contributed by atoms with Gasteiger partial charge in [0.05, 0.1) is 10.0 Å². The Balaban J connectivity index is 1.70. The monoisotopic (exact) mass is 299 g/mol. The number of pyridine rings is 1. The van der Waals surface area contributed by atoms with E-state index in [1.807, 2.05) is 0 Å². The van der Waals surface area contributed by atoms with Gasteiger partial charge in [0.25, 0.3) is 0 Å². The minimum Gasteiger partial charge on any atom is -0.366 e. The average molecular weight is 300 g/mol. The molecule has 2 aliphatic rings. The zero-order valence-corrected chi connectivity index (χ0v) is 12.6. The number of aromatic nitrogens is 1. The molecule has 2 atom stereocenters. The Morgan fingerprint density at radius 2 is 1.95 bits per heavy atom. The molecule has 1 aromatic rings. The molecule has 0 radical (unpaired) electrons. The van der Waals surface area contributed by atoms with Gasteiger partial charge in [-0.1, -0.05) is 29.6 Å². The number of piperidine rings is 2. The van der Waals surface area contributed by atoms with E-state index in [0.29, 0.717) is 28.2 Å². The Kier molecular flexibility index (Phi) is 3.88. The van der Waals surface area contributed by atoms with Gasteiger partial charge in [0, 0.05) is 24.3 Å². The van der Waals surface area contributed by atoms with Crippen molar-refractivity contribution in [1.29, 1.82) is 0 Å². The van der Waals surface area contributed by atoms with Crippen molar-refractivity contribution in [3.8, 4) is 0 Å². The van der Waals surface area contributed by atoms with Crippen LogP contribution in [0.5, 0.6) is 0 Å². The highest BCUT2D eigenvalue weighted by Gasteiger charge is 2.36. The van der Waals surface area contributed by atoms with Crippen molar-refractivity contribution in [1.82, 2.24) is 9.88 Å². The first-order chi connectivity index (χ1) is 9.13. The first-order valence-electron chi connectivity index (χ1n) is 6.93. The SMILES string of the molecule is CN1C2CCCC1CC(Nc1ncc(Cl)cc1Cl)C2. The molecule has 0 aromatic carbocycles. The molecule has 0 amide bonds. The lowest BCUT2D eigenvalue weighted by Gasteiger charge is -2.47. The fourth-order valence-electron chi connectivity index (χ4n) is 3.45. The van der Waals surface area contributed by atoms with Crippen molar-refractivity contribution in [3.63, 3.8) is 0 Å². The van der Waals surface area contributed by atoms with Crippen molar-refractivity contribution >= 4 is 29.0 Å². The lowest BCUT2D eigenvalue weighted by atomic mass is 9.82. The summed E-state index contributed by atoms with van der Waals surface area (Å²) in [6.45, 7) is 0. The van der Waals surface area contributed by atoms with Crippen LogP contribution in [0.4, 0.5) is 5.82 Å². The molecule has 2 unspecified atom stereocenters. The molecule has 2 fully saturated rings. The molecule has 104 valence electrons. The summed E-state index contributed by atoms with van der Waals surface area (Å²) in [6, 6.07) is 3.62. The minimum atomic E-state index is 0.470. The van der Waals surface area contributed by atoms with E-state index in [4.69, 9.17) is 23.2 Å². The van der Waals surface area contributed by atoms with Crippen LogP contribution in [0.3, 0.4) is 0 Å². The highest BCUT2D eigenvalue weighted by Crippen LogP contribution is 2.34. The second kappa shape index (κ2) is 5.47. The maximum absolute atomic E-state index is 6.18. The lowest BCUT2D eigenvalue weighted by molar-refractivity contribution is 0.0608. The van der Waals surface area contributed by atoms with Gasteiger partial charge >= 0.3 is 0 Å². The summed E-state index contributed by atoms with van der Waals surface area (Å²) in [5.41, 5.74) is 0. The topological polar surface area (TPSA) is 28.2 Å². The van der Waals surface area contributed by atoms with Crippen LogP contribution in [-0.2, 0) is 0 Å². The summed E-state index contributed by atoms with van der Waals surface area (Å²) in [7, 11) is 2.26. The molecule has 19 heavy (non-hydrogen) atoms. The standard InChI is InChI=1S/C14H19Cl2N3/c1-19-11-3-2-4-12(19)7-10(6-11)18-14-13(16)5-9(15)8-17-14/h5,8,10-12H,2-4,6-7H2,1H3,(H,17,18). The summed E-state index contributed by atoms with van der Waals surface area (Å²) in [6.07, 6.45) is 7.99. The molecule has 5 heteroatoms. The van der Waals surface area contributed by atoms with Crippen molar-refractivity contribution < 1.29 is 0 Å². The smallest absolute Gasteiger partial charge is 0.145 e. The summed E-state index contributed by atoms with van der Waals surface area (Å²) >= 11 is 12.1. The van der Waals surface area contributed by atoms with Crippen molar-refractivity contribution in [3.05, 3.63) is 22.3 Å². The molecule has 3 rings (SSSR count). The van der Waals surface area contributed by atoms with E-state index in [-0.39, 0.29) is 0 Å². The first-order valence-corrected chi connectivity index (χ1v) is 7.68. The summed E-state index contributed by atoms with van der Waals surface area (Å²) < 4.78 is 0. The van der Waals surface area contributed by atoms with E-state index >= 15 is 0 Å². The van der Waals surface area contributed by atoms with Gasteiger partial charge in [-0.25, -0.2) is 4.98 Å². The van der Waals surface area contributed by atoms with E-state index < -0.39 is 0 Å². The zero-order chi connectivity index (χ0) is 13.4. The molecule has 1 aromatic heterocycles. The largest absolute Gasteiger partial charge is 0.366 e. The van der Waals surface area contributed by atoms with Gasteiger partial charge in [0.15, 0.2) is 0 Å². The zero-order valence-electron chi connectivity index (χ0n) is 11.1. The van der Waals surface area contributed by atoms with Crippen molar-refractivity contribution in [2.45, 2.75) is 50.2 Å². The van der Waals surface area contributed by atoms with E-state index in [2.05, 4.69) is 22.2 Å². The lowest BCUT2D eigenvalue weighted by Crippen LogP contribution is -2.52. The van der Waals surface area contributed by atoms with Crippen LogP contribution in [0, 0.1) is 0 Å². The molecule has 3 heterocycles. The normalized spacial score (nSPS) is 31.2. The fourth-order valence-corrected chi connectivity index (χ4v) is 3.88. The van der Waals surface area contributed by atoms with Gasteiger partial charge in [-0.2, -0.15) is 0 Å². The molecular weight excluding hydrogens is 281 g/mol. The van der Waals surface area contributed by atoms with Crippen LogP contribution in [0.15, 0.2) is 12.3 Å². The Morgan fingerprint density at radius 3 is 2.58 bits per heavy atom. The number of fused-ring (bicyclic) bond motifs is 2. The molecular formula is C14H19Cl2N3. The highest BCUT2D eigenvalue weighted by molar-refractivity contribution is 6.35. The molecule has 0 spiro atoms. The Hall–Kier alpha value is -0.510. The van der Waals surface area contributed by atoms with Crippen molar-refractivity contribution in [2.24, 2.45) is 0 Å². The van der Waals surface area contributed by atoms with Crippen LogP contribution in [0.25, 0.3) is 0 Å². The van der Waals surface area contributed by atoms with Gasteiger partial charge in [-0.3, -0.25) is 0 Å². The highest BCUT2D eigenvalue weighted by atomic mass is 35.5. The van der Waals surface area contributed by atoms with Crippen molar-refractivity contribution in [2.75, 3.05) is 12.4 Å². The van der Waals surface area contributed by atoms with Crippen LogP contribution in [0.1, 0.15) is 32.1 Å². The number of hydrogen-bond acceptors (Lipinski definition) is 3. The predicted molar refractivity (Wildman–Crippen MR) is 80.1 cm³/mol. The summed E-state index contributed by atoms with van der Waals surface area (Å²) in [4.78, 5) is 6.85. The van der Waals surface area contributed by atoms with E-state index in [9.17, 15) is 0 Å². The molecule has 2 aliphatic heterocycles. The van der Waals surface area contributed by atoms with E-state index in [0.717, 1.165) is 5.82 Å². The molecule has 2 saturated heterocycles. The quantitative estimate of drug-likeness (QED) is 0.900. The van der Waals surface area contributed by atoms with Crippen LogP contribution >= 0.6 is 23.2 Å². The number of rotatable bonds is 2. The molecule has 0 aliphatic carbocycles. The number of halogens is 2. The van der Waals surface area contributed by atoms with Gasteiger partial charge in [-0.05, 0) is 38.8 Å². The Morgan fingerprint density at radius 1 is 1.26 bits per heavy atom. The Bertz CT molecular complexity index is 452. The number of anilines is 1. The third-order valence-electron chi connectivity index (χ3n) is 4.49. The van der Waals surface area contributed by atoms with Gasteiger partial charge in [0.1, 0.15) is 5.82 Å².